The van der Waals surface area contributed by atoms with Gasteiger partial charge in [-0.05, 0) is 91.8 Å². The van der Waals surface area contributed by atoms with Gasteiger partial charge in [0.15, 0.2) is 6.40 Å². The zero-order chi connectivity index (χ0) is 18.2. The maximum absolute atomic E-state index is 4.65. The number of ether oxygens (including phenoxy) is 1. The Morgan fingerprint density at radius 2 is 1.77 bits per heavy atom. The number of nitrogens with zero attached hydrogens (tertiary/aromatic N) is 1. The zero-order valence-electron chi connectivity index (χ0n) is 17.5. The fourth-order valence-corrected chi connectivity index (χ4v) is 8.34. The summed E-state index contributed by atoms with van der Waals surface area (Å²) in [7, 11) is 0. The maximum Gasteiger partial charge on any atom is 0.169 e. The molecule has 0 aromatic rings. The van der Waals surface area contributed by atoms with E-state index in [0.717, 1.165) is 48.2 Å². The van der Waals surface area contributed by atoms with Gasteiger partial charge in [0.25, 0.3) is 0 Å². The molecule has 7 atom stereocenters. The molecule has 1 unspecified atom stereocenters. The summed E-state index contributed by atoms with van der Waals surface area (Å²) in [6.07, 6.45) is 18.5. The number of fused-ring (bicyclic) bond motifs is 5. The lowest BCUT2D eigenvalue weighted by Gasteiger charge is -2.60. The predicted octanol–water partition coefficient (Wildman–Crippen LogP) is 6.49. The topological polar surface area (TPSA) is 21.6 Å². The first-order chi connectivity index (χ1) is 12.6. The summed E-state index contributed by atoms with van der Waals surface area (Å²) in [6, 6.07) is 0. The summed E-state index contributed by atoms with van der Waals surface area (Å²) in [5.41, 5.74) is 1.45. The number of hydrogen-bond acceptors (Lipinski definition) is 2. The minimum absolute atomic E-state index is 0.716. The molecule has 26 heavy (non-hydrogen) atoms. The molecule has 5 aliphatic rings. The van der Waals surface area contributed by atoms with E-state index in [1.807, 2.05) is 0 Å². The van der Waals surface area contributed by atoms with Crippen LogP contribution in [0.3, 0.4) is 0 Å². The SMILES string of the molecule is C1=NCCO1.CC[C@H]1CC[C@H]2[C@@H]3CCC4CCCC[C@]4(C)[C@H]3CC[C@]12C. The molecule has 4 saturated carbocycles. The number of aliphatic imine (C=N–C) groups is 1. The van der Waals surface area contributed by atoms with Crippen LogP contribution < -0.4 is 0 Å². The van der Waals surface area contributed by atoms with Crippen LogP contribution in [0.5, 0.6) is 0 Å². The van der Waals surface area contributed by atoms with Gasteiger partial charge in [0, 0.05) is 0 Å². The van der Waals surface area contributed by atoms with E-state index in [1.165, 1.54) is 25.7 Å². The van der Waals surface area contributed by atoms with Crippen molar-refractivity contribution in [1.29, 1.82) is 0 Å². The summed E-state index contributed by atoms with van der Waals surface area (Å²) in [5.74, 6) is 5.39. The molecule has 0 amide bonds. The maximum atomic E-state index is 4.65. The number of rotatable bonds is 1. The lowest BCUT2D eigenvalue weighted by atomic mass is 9.45. The molecule has 148 valence electrons. The van der Waals surface area contributed by atoms with Crippen molar-refractivity contribution in [2.45, 2.75) is 91.4 Å². The Labute approximate surface area is 161 Å². The van der Waals surface area contributed by atoms with Gasteiger partial charge in [-0.1, -0.05) is 40.0 Å². The lowest BCUT2D eigenvalue weighted by molar-refractivity contribution is -0.110. The molecule has 2 heteroatoms. The normalized spacial score (nSPS) is 49.3. The Morgan fingerprint density at radius 3 is 2.46 bits per heavy atom. The molecule has 1 aliphatic heterocycles. The molecule has 0 aromatic carbocycles. The lowest BCUT2D eigenvalue weighted by Crippen LogP contribution is -2.52. The fourth-order valence-electron chi connectivity index (χ4n) is 8.34. The van der Waals surface area contributed by atoms with Crippen molar-refractivity contribution in [3.05, 3.63) is 0 Å². The highest BCUT2D eigenvalue weighted by molar-refractivity contribution is 5.47. The third-order valence-electron chi connectivity index (χ3n) is 9.76. The van der Waals surface area contributed by atoms with E-state index in [-0.39, 0.29) is 0 Å². The molecule has 4 aliphatic carbocycles. The molecular formula is C24H41NO. The van der Waals surface area contributed by atoms with Gasteiger partial charge in [0.1, 0.15) is 6.61 Å². The highest BCUT2D eigenvalue weighted by atomic mass is 16.5. The molecule has 2 nitrogen and oxygen atoms in total. The highest BCUT2D eigenvalue weighted by Crippen LogP contribution is 2.67. The van der Waals surface area contributed by atoms with Gasteiger partial charge in [-0.25, -0.2) is 0 Å². The second-order valence-corrected chi connectivity index (χ2v) is 10.5. The molecule has 0 saturated heterocycles. The van der Waals surface area contributed by atoms with Crippen LogP contribution in [-0.2, 0) is 4.74 Å². The monoisotopic (exact) mass is 359 g/mol. The minimum atomic E-state index is 0.716. The van der Waals surface area contributed by atoms with E-state index in [1.54, 1.807) is 51.4 Å². The van der Waals surface area contributed by atoms with Gasteiger partial charge in [-0.3, -0.25) is 4.99 Å². The van der Waals surface area contributed by atoms with Gasteiger partial charge >= 0.3 is 0 Å². The number of hydrogen-bond donors (Lipinski definition) is 0. The van der Waals surface area contributed by atoms with Gasteiger partial charge in [0.2, 0.25) is 0 Å². The van der Waals surface area contributed by atoms with E-state index >= 15 is 0 Å². The van der Waals surface area contributed by atoms with Gasteiger partial charge < -0.3 is 4.74 Å². The van der Waals surface area contributed by atoms with E-state index in [4.69, 9.17) is 0 Å². The van der Waals surface area contributed by atoms with Gasteiger partial charge in [-0.15, -0.1) is 0 Å². The summed E-state index contributed by atoms with van der Waals surface area (Å²) >= 11 is 0. The Bertz CT molecular complexity index is 510. The molecule has 0 N–H and O–H groups in total. The Morgan fingerprint density at radius 1 is 0.923 bits per heavy atom. The molecule has 5 rings (SSSR count). The van der Waals surface area contributed by atoms with Crippen molar-refractivity contribution in [1.82, 2.24) is 0 Å². The van der Waals surface area contributed by atoms with Crippen LogP contribution in [0, 0.1) is 40.4 Å². The summed E-state index contributed by atoms with van der Waals surface area (Å²) in [4.78, 5) is 3.74. The minimum Gasteiger partial charge on any atom is -0.482 e. The second kappa shape index (κ2) is 7.47. The zero-order valence-corrected chi connectivity index (χ0v) is 17.5. The molecule has 0 spiro atoms. The van der Waals surface area contributed by atoms with Gasteiger partial charge in [-0.2, -0.15) is 0 Å². The predicted molar refractivity (Wildman–Crippen MR) is 109 cm³/mol. The van der Waals surface area contributed by atoms with Crippen LogP contribution in [0.25, 0.3) is 0 Å². The van der Waals surface area contributed by atoms with Crippen LogP contribution in [-0.4, -0.2) is 19.6 Å². The van der Waals surface area contributed by atoms with E-state index < -0.39 is 0 Å². The van der Waals surface area contributed by atoms with E-state index in [0.29, 0.717) is 5.41 Å². The van der Waals surface area contributed by atoms with Crippen molar-refractivity contribution < 1.29 is 4.74 Å². The summed E-state index contributed by atoms with van der Waals surface area (Å²) in [6.45, 7) is 9.47. The molecule has 0 bridgehead atoms. The van der Waals surface area contributed by atoms with Crippen LogP contribution in [0.2, 0.25) is 0 Å². The summed E-state index contributed by atoms with van der Waals surface area (Å²) < 4.78 is 4.65. The average molecular weight is 360 g/mol. The first kappa shape index (κ1) is 18.8. The Balaban J connectivity index is 0.000000292. The molecule has 0 aromatic heterocycles. The highest BCUT2D eigenvalue weighted by Gasteiger charge is 2.59. The van der Waals surface area contributed by atoms with E-state index in [9.17, 15) is 0 Å². The van der Waals surface area contributed by atoms with Crippen LogP contribution in [0.15, 0.2) is 4.99 Å². The largest absolute Gasteiger partial charge is 0.482 e. The third kappa shape index (κ3) is 3.04. The molecule has 1 heterocycles. The first-order valence-corrected chi connectivity index (χ1v) is 11.7. The summed E-state index contributed by atoms with van der Waals surface area (Å²) in [5, 5.41) is 0. The van der Waals surface area contributed by atoms with Crippen LogP contribution in [0.1, 0.15) is 91.4 Å². The van der Waals surface area contributed by atoms with Crippen molar-refractivity contribution >= 4 is 6.40 Å². The van der Waals surface area contributed by atoms with Crippen molar-refractivity contribution in [2.24, 2.45) is 45.4 Å². The van der Waals surface area contributed by atoms with Crippen molar-refractivity contribution in [3.63, 3.8) is 0 Å². The molecule has 0 radical (unpaired) electrons. The first-order valence-electron chi connectivity index (χ1n) is 11.7. The third-order valence-corrected chi connectivity index (χ3v) is 9.76. The molecule has 4 fully saturated rings. The van der Waals surface area contributed by atoms with Gasteiger partial charge in [0.05, 0.1) is 6.54 Å². The van der Waals surface area contributed by atoms with Crippen LogP contribution >= 0.6 is 0 Å². The van der Waals surface area contributed by atoms with E-state index in [2.05, 4.69) is 30.5 Å². The van der Waals surface area contributed by atoms with Crippen molar-refractivity contribution in [2.75, 3.05) is 13.2 Å². The average Bonchev–Trinajstić information content (AvgIpc) is 3.32. The molecular weight excluding hydrogens is 318 g/mol. The quantitative estimate of drug-likeness (QED) is 0.524. The Kier molecular flexibility index (Phi) is 5.41. The Hall–Kier alpha value is -0.530. The van der Waals surface area contributed by atoms with Crippen molar-refractivity contribution in [3.8, 4) is 0 Å². The second-order valence-electron chi connectivity index (χ2n) is 10.5. The fraction of sp³-hybridized carbons (Fsp3) is 0.958. The van der Waals surface area contributed by atoms with Crippen LogP contribution in [0.4, 0.5) is 0 Å². The standard InChI is InChI=1S/C21H36.C3H5NO/c1-4-15-9-11-18-17-10-8-16-7-5-6-13-20(16,2)19(17)12-14-21(15,18)3;1-2-5-3-4-1/h15-19H,4-14H2,1-3H3;3H,1-2H2/t15-,16?,17-,18-,19-,20-,21+;/m0./s1. The smallest absolute Gasteiger partial charge is 0.169 e.